The maximum absolute atomic E-state index is 13.6. The molecular formula is C43H33NO2. The predicted octanol–water partition coefficient (Wildman–Crippen LogP) is 10.7. The first kappa shape index (κ1) is 26.9. The van der Waals surface area contributed by atoms with Crippen LogP contribution in [0.25, 0.3) is 60.6 Å². The zero-order valence-electron chi connectivity index (χ0n) is 26.4. The lowest BCUT2D eigenvalue weighted by Gasteiger charge is -2.44. The van der Waals surface area contributed by atoms with E-state index in [-0.39, 0.29) is 16.3 Å². The van der Waals surface area contributed by atoms with Gasteiger partial charge in [-0.15, -0.1) is 0 Å². The molecule has 0 bridgehead atoms. The summed E-state index contributed by atoms with van der Waals surface area (Å²) in [5, 5.41) is 3.76. The molecule has 1 aliphatic carbocycles. The van der Waals surface area contributed by atoms with Gasteiger partial charge in [-0.1, -0.05) is 94.4 Å². The van der Waals surface area contributed by atoms with Gasteiger partial charge in [-0.3, -0.25) is 4.79 Å². The quantitative estimate of drug-likeness (QED) is 0.186. The minimum Gasteiger partial charge on any atom is -0.456 e. The van der Waals surface area contributed by atoms with Gasteiger partial charge < -0.3 is 8.98 Å². The maximum atomic E-state index is 13.6. The van der Waals surface area contributed by atoms with Crippen LogP contribution in [-0.4, -0.2) is 4.57 Å². The summed E-state index contributed by atoms with van der Waals surface area (Å²) in [6, 6.07) is 44.8. The highest BCUT2D eigenvalue weighted by Crippen LogP contribution is 2.51. The van der Waals surface area contributed by atoms with Crippen molar-refractivity contribution in [2.24, 2.45) is 0 Å². The molecule has 0 N–H and O–H groups in total. The molecule has 9 rings (SSSR count). The Morgan fingerprint density at radius 1 is 0.478 bits per heavy atom. The Kier molecular flexibility index (Phi) is 5.45. The third-order valence-electron chi connectivity index (χ3n) is 10.4. The van der Waals surface area contributed by atoms with Gasteiger partial charge in [0.2, 0.25) is 5.43 Å². The van der Waals surface area contributed by atoms with Crippen LogP contribution < -0.4 is 5.43 Å². The van der Waals surface area contributed by atoms with Crippen LogP contribution >= 0.6 is 0 Å². The van der Waals surface area contributed by atoms with Crippen molar-refractivity contribution in [2.45, 2.75) is 38.5 Å². The second kappa shape index (κ2) is 9.31. The fourth-order valence-corrected chi connectivity index (χ4v) is 7.97. The first-order valence-electron chi connectivity index (χ1n) is 16.0. The molecule has 6 aromatic carbocycles. The van der Waals surface area contributed by atoms with Crippen LogP contribution in [0.5, 0.6) is 0 Å². The van der Waals surface area contributed by atoms with E-state index in [2.05, 4.69) is 135 Å². The van der Waals surface area contributed by atoms with Crippen molar-refractivity contribution in [1.82, 2.24) is 4.57 Å². The number of nitrogens with zero attached hydrogens (tertiary/aromatic N) is 1. The van der Waals surface area contributed by atoms with Gasteiger partial charge in [0.05, 0.1) is 21.8 Å². The summed E-state index contributed by atoms with van der Waals surface area (Å²) in [6.07, 6.45) is 0. The van der Waals surface area contributed by atoms with E-state index in [0.29, 0.717) is 21.9 Å². The van der Waals surface area contributed by atoms with E-state index in [1.807, 2.05) is 24.3 Å². The second-order valence-electron chi connectivity index (χ2n) is 13.8. The molecule has 0 unspecified atom stereocenters. The van der Waals surface area contributed by atoms with Gasteiger partial charge in [0.15, 0.2) is 0 Å². The zero-order valence-corrected chi connectivity index (χ0v) is 26.4. The third-order valence-corrected chi connectivity index (χ3v) is 10.4. The van der Waals surface area contributed by atoms with Gasteiger partial charge in [-0.2, -0.15) is 0 Å². The molecule has 0 fully saturated rings. The normalized spacial score (nSPS) is 15.0. The van der Waals surface area contributed by atoms with Gasteiger partial charge in [0.25, 0.3) is 0 Å². The van der Waals surface area contributed by atoms with E-state index in [1.54, 1.807) is 0 Å². The Labute approximate surface area is 267 Å². The summed E-state index contributed by atoms with van der Waals surface area (Å²) in [5.41, 5.74) is 11.6. The standard InChI is InChI=1S/C43H33NO2/c1-42(2)33-20-18-27(26-19-21-38-31(22-26)29-14-8-10-16-37(29)44(38)28-12-6-5-7-13-28)23-34(33)43(3,4)36-25-40-32(24-35(36)42)41(45)30-15-9-11-17-39(30)46-40/h5-25H,1-4H3. The molecular weight excluding hydrogens is 562 g/mol. The van der Waals surface area contributed by atoms with E-state index >= 15 is 0 Å². The highest BCUT2D eigenvalue weighted by molar-refractivity contribution is 6.10. The van der Waals surface area contributed by atoms with Crippen LogP contribution in [0, 0.1) is 0 Å². The minimum atomic E-state index is -0.304. The number of aromatic nitrogens is 1. The summed E-state index contributed by atoms with van der Waals surface area (Å²) in [7, 11) is 0. The van der Waals surface area contributed by atoms with Crippen molar-refractivity contribution >= 4 is 43.7 Å². The van der Waals surface area contributed by atoms with Crippen LogP contribution in [0.15, 0.2) is 137 Å². The fraction of sp³-hybridized carbons (Fsp3) is 0.140. The smallest absolute Gasteiger partial charge is 0.200 e. The first-order valence-corrected chi connectivity index (χ1v) is 16.0. The average Bonchev–Trinajstić information content (AvgIpc) is 3.41. The molecule has 0 saturated heterocycles. The predicted molar refractivity (Wildman–Crippen MR) is 190 cm³/mol. The molecule has 0 spiro atoms. The summed E-state index contributed by atoms with van der Waals surface area (Å²) in [6.45, 7) is 9.15. The second-order valence-corrected chi connectivity index (χ2v) is 13.8. The number of hydrogen-bond acceptors (Lipinski definition) is 2. The molecule has 1 aliphatic rings. The molecule has 3 nitrogen and oxygen atoms in total. The Bertz CT molecular complexity index is 2600. The maximum Gasteiger partial charge on any atom is 0.200 e. The number of fused-ring (bicyclic) bond motifs is 7. The molecule has 3 heteroatoms. The third kappa shape index (κ3) is 3.63. The molecule has 46 heavy (non-hydrogen) atoms. The van der Waals surface area contributed by atoms with Crippen LogP contribution in [0.3, 0.4) is 0 Å². The van der Waals surface area contributed by atoms with E-state index in [9.17, 15) is 4.79 Å². The highest BCUT2D eigenvalue weighted by atomic mass is 16.3. The number of rotatable bonds is 2. The summed E-state index contributed by atoms with van der Waals surface area (Å²) >= 11 is 0. The lowest BCUT2D eigenvalue weighted by Crippen LogP contribution is -2.36. The number of para-hydroxylation sites is 3. The van der Waals surface area contributed by atoms with E-state index in [0.717, 1.165) is 5.69 Å². The lowest BCUT2D eigenvalue weighted by atomic mass is 9.59. The fourth-order valence-electron chi connectivity index (χ4n) is 7.97. The number of benzene rings is 6. The van der Waals surface area contributed by atoms with Crippen molar-refractivity contribution in [2.75, 3.05) is 0 Å². The Balaban J connectivity index is 1.23. The van der Waals surface area contributed by atoms with Crippen LogP contribution in [-0.2, 0) is 10.8 Å². The van der Waals surface area contributed by atoms with Crippen molar-refractivity contribution < 1.29 is 4.42 Å². The summed E-state index contributed by atoms with van der Waals surface area (Å²) in [4.78, 5) is 13.6. The molecule has 0 amide bonds. The topological polar surface area (TPSA) is 35.1 Å². The van der Waals surface area contributed by atoms with Gasteiger partial charge in [-0.25, -0.2) is 0 Å². The molecule has 8 aromatic rings. The Morgan fingerprint density at radius 3 is 1.91 bits per heavy atom. The largest absolute Gasteiger partial charge is 0.456 e. The van der Waals surface area contributed by atoms with Crippen LogP contribution in [0.2, 0.25) is 0 Å². The number of hydrogen-bond donors (Lipinski definition) is 0. The Hall–Kier alpha value is -5.41. The lowest BCUT2D eigenvalue weighted by molar-refractivity contribution is 0.520. The molecule has 0 radical (unpaired) electrons. The van der Waals surface area contributed by atoms with E-state index in [4.69, 9.17) is 4.42 Å². The SMILES string of the molecule is CC1(C)c2cc(-c3ccc4c(c3)c3ccccc3n4-c3ccccc3)ccc2C(C)(C)c2cc3c(=O)c4ccccc4oc3cc21. The van der Waals surface area contributed by atoms with Crippen molar-refractivity contribution in [3.05, 3.63) is 160 Å². The monoisotopic (exact) mass is 595 g/mol. The van der Waals surface area contributed by atoms with Gasteiger partial charge in [0.1, 0.15) is 11.2 Å². The van der Waals surface area contributed by atoms with Gasteiger partial charge in [0, 0.05) is 27.3 Å². The molecule has 222 valence electrons. The van der Waals surface area contributed by atoms with Crippen LogP contribution in [0.1, 0.15) is 49.9 Å². The Morgan fingerprint density at radius 2 is 1.09 bits per heavy atom. The molecule has 2 heterocycles. The molecule has 0 saturated carbocycles. The van der Waals surface area contributed by atoms with Gasteiger partial charge >= 0.3 is 0 Å². The minimum absolute atomic E-state index is 0.0263. The molecule has 0 aliphatic heterocycles. The van der Waals surface area contributed by atoms with Crippen molar-refractivity contribution in [3.8, 4) is 16.8 Å². The molecule has 2 aromatic heterocycles. The zero-order chi connectivity index (χ0) is 31.4. The van der Waals surface area contributed by atoms with Crippen molar-refractivity contribution in [3.63, 3.8) is 0 Å². The summed E-state index contributed by atoms with van der Waals surface area (Å²) < 4.78 is 8.70. The van der Waals surface area contributed by atoms with Gasteiger partial charge in [-0.05, 0) is 94.0 Å². The summed E-state index contributed by atoms with van der Waals surface area (Å²) in [5.74, 6) is 0. The first-order chi connectivity index (χ1) is 22.2. The van der Waals surface area contributed by atoms with Crippen molar-refractivity contribution in [1.29, 1.82) is 0 Å². The average molecular weight is 596 g/mol. The van der Waals surface area contributed by atoms with E-state index in [1.165, 1.54) is 55.2 Å². The highest BCUT2D eigenvalue weighted by Gasteiger charge is 2.42. The van der Waals surface area contributed by atoms with E-state index < -0.39 is 0 Å². The van der Waals surface area contributed by atoms with Crippen LogP contribution in [0.4, 0.5) is 0 Å². The molecule has 0 atom stereocenters.